The summed E-state index contributed by atoms with van der Waals surface area (Å²) in [4.78, 5) is 23.4. The maximum atomic E-state index is 12.7. The van der Waals surface area contributed by atoms with E-state index in [9.17, 15) is 14.0 Å². The van der Waals surface area contributed by atoms with Crippen LogP contribution in [0.15, 0.2) is 40.8 Å². The van der Waals surface area contributed by atoms with Gasteiger partial charge in [-0.2, -0.15) is 0 Å². The molecule has 0 fully saturated rings. The van der Waals surface area contributed by atoms with Crippen LogP contribution in [0, 0.1) is 5.82 Å². The zero-order valence-electron chi connectivity index (χ0n) is 11.9. The highest BCUT2D eigenvalue weighted by Gasteiger charge is 2.12. The lowest BCUT2D eigenvalue weighted by molar-refractivity contribution is -0.121. The predicted octanol–water partition coefficient (Wildman–Crippen LogP) is 1.57. The van der Waals surface area contributed by atoms with Crippen molar-refractivity contribution >= 4 is 11.8 Å². The van der Waals surface area contributed by atoms with Crippen molar-refractivity contribution in [2.24, 2.45) is 0 Å². The first-order chi connectivity index (χ1) is 10.6. The number of hydrogen-bond donors (Lipinski definition) is 2. The van der Waals surface area contributed by atoms with Gasteiger partial charge in [-0.3, -0.25) is 20.4 Å². The van der Waals surface area contributed by atoms with Crippen molar-refractivity contribution in [1.82, 2.24) is 10.9 Å². The summed E-state index contributed by atoms with van der Waals surface area (Å²) in [5.74, 6) is -0.806. The number of hydrogen-bond acceptors (Lipinski definition) is 4. The number of carbonyl (C=O) groups is 2. The van der Waals surface area contributed by atoms with Gasteiger partial charge in [0, 0.05) is 7.11 Å². The Kier molecular flexibility index (Phi) is 5.26. The van der Waals surface area contributed by atoms with E-state index >= 15 is 0 Å². The van der Waals surface area contributed by atoms with E-state index in [-0.39, 0.29) is 24.6 Å². The summed E-state index contributed by atoms with van der Waals surface area (Å²) >= 11 is 0. The van der Waals surface area contributed by atoms with Crippen LogP contribution in [0.2, 0.25) is 0 Å². The van der Waals surface area contributed by atoms with E-state index in [4.69, 9.17) is 9.15 Å². The second kappa shape index (κ2) is 7.37. The zero-order chi connectivity index (χ0) is 15.9. The molecule has 2 aromatic rings. The normalized spacial score (nSPS) is 10.3. The van der Waals surface area contributed by atoms with E-state index in [1.54, 1.807) is 6.07 Å². The maximum Gasteiger partial charge on any atom is 0.305 e. The van der Waals surface area contributed by atoms with Gasteiger partial charge >= 0.3 is 5.91 Å². The fourth-order valence-electron chi connectivity index (χ4n) is 1.74. The van der Waals surface area contributed by atoms with Crippen LogP contribution in [-0.2, 0) is 22.6 Å². The van der Waals surface area contributed by atoms with Crippen molar-refractivity contribution in [2.45, 2.75) is 13.0 Å². The van der Waals surface area contributed by atoms with E-state index in [1.165, 1.54) is 37.4 Å². The molecule has 6 nitrogen and oxygen atoms in total. The van der Waals surface area contributed by atoms with E-state index in [0.29, 0.717) is 11.3 Å². The fourth-order valence-corrected chi connectivity index (χ4v) is 1.74. The lowest BCUT2D eigenvalue weighted by Crippen LogP contribution is -2.42. The summed E-state index contributed by atoms with van der Waals surface area (Å²) in [7, 11) is 1.51. The molecule has 7 heteroatoms. The first-order valence-electron chi connectivity index (χ1n) is 6.50. The number of halogens is 1. The summed E-state index contributed by atoms with van der Waals surface area (Å²) in [5.41, 5.74) is 5.13. The van der Waals surface area contributed by atoms with Gasteiger partial charge in [-0.05, 0) is 29.8 Å². The molecule has 2 N–H and O–H groups in total. The van der Waals surface area contributed by atoms with E-state index in [2.05, 4.69) is 10.9 Å². The van der Waals surface area contributed by atoms with Crippen molar-refractivity contribution in [1.29, 1.82) is 0 Å². The predicted molar refractivity (Wildman–Crippen MR) is 75.1 cm³/mol. The first-order valence-corrected chi connectivity index (χ1v) is 6.50. The Hall–Kier alpha value is -2.67. The highest BCUT2D eigenvalue weighted by atomic mass is 19.1. The zero-order valence-corrected chi connectivity index (χ0v) is 11.9. The summed E-state index contributed by atoms with van der Waals surface area (Å²) in [6, 6.07) is 8.62. The largest absolute Gasteiger partial charge is 0.453 e. The third-order valence-electron chi connectivity index (χ3n) is 2.77. The average Bonchev–Trinajstić information content (AvgIpc) is 2.96. The molecule has 0 aliphatic heterocycles. The molecule has 0 unspecified atom stereocenters. The molecule has 0 spiro atoms. The van der Waals surface area contributed by atoms with Gasteiger partial charge in [-0.25, -0.2) is 4.39 Å². The molecule has 0 bridgehead atoms. The number of benzene rings is 1. The lowest BCUT2D eigenvalue weighted by Gasteiger charge is -2.06. The van der Waals surface area contributed by atoms with Gasteiger partial charge in [0.25, 0.3) is 0 Å². The fraction of sp³-hybridized carbons (Fsp3) is 0.200. The quantitative estimate of drug-likeness (QED) is 0.822. The molecular weight excluding hydrogens is 291 g/mol. The van der Waals surface area contributed by atoms with E-state index in [1.807, 2.05) is 0 Å². The molecule has 0 saturated heterocycles. The molecule has 1 aromatic carbocycles. The molecule has 0 atom stereocenters. The smallest absolute Gasteiger partial charge is 0.305 e. The Morgan fingerprint density at radius 2 is 1.86 bits per heavy atom. The Balaban J connectivity index is 1.82. The van der Waals surface area contributed by atoms with Crippen LogP contribution in [-0.4, -0.2) is 18.9 Å². The Morgan fingerprint density at radius 3 is 2.55 bits per heavy atom. The summed E-state index contributed by atoms with van der Waals surface area (Å²) in [6.07, 6.45) is 0.0215. The molecule has 0 aliphatic carbocycles. The average molecular weight is 306 g/mol. The molecule has 22 heavy (non-hydrogen) atoms. The highest BCUT2D eigenvalue weighted by Crippen LogP contribution is 2.08. The number of hydrazine groups is 1. The molecule has 1 heterocycles. The van der Waals surface area contributed by atoms with Gasteiger partial charge in [-0.15, -0.1) is 0 Å². The van der Waals surface area contributed by atoms with Crippen molar-refractivity contribution in [3.05, 3.63) is 59.3 Å². The van der Waals surface area contributed by atoms with Crippen LogP contribution in [0.1, 0.15) is 21.9 Å². The molecule has 116 valence electrons. The number of nitrogens with one attached hydrogen (secondary N) is 2. The first kappa shape index (κ1) is 15.7. The van der Waals surface area contributed by atoms with Gasteiger partial charge in [-0.1, -0.05) is 12.1 Å². The molecule has 0 aliphatic rings. The topological polar surface area (TPSA) is 80.6 Å². The number of ether oxygens (including phenoxy) is 1. The van der Waals surface area contributed by atoms with E-state index < -0.39 is 11.8 Å². The minimum Gasteiger partial charge on any atom is -0.453 e. The SMILES string of the molecule is COCc1ccc(C(=O)NNC(=O)Cc2ccc(F)cc2)o1. The second-order valence-electron chi connectivity index (χ2n) is 4.50. The molecule has 0 saturated carbocycles. The number of carbonyl (C=O) groups excluding carboxylic acids is 2. The van der Waals surface area contributed by atoms with Crippen molar-refractivity contribution < 1.29 is 23.1 Å². The van der Waals surface area contributed by atoms with Crippen LogP contribution in [0.3, 0.4) is 0 Å². The van der Waals surface area contributed by atoms with Crippen molar-refractivity contribution in [2.75, 3.05) is 7.11 Å². The van der Waals surface area contributed by atoms with Crippen molar-refractivity contribution in [3.63, 3.8) is 0 Å². The van der Waals surface area contributed by atoms with Crippen molar-refractivity contribution in [3.8, 4) is 0 Å². The van der Waals surface area contributed by atoms with Crippen LogP contribution >= 0.6 is 0 Å². The summed E-state index contributed by atoms with van der Waals surface area (Å²) in [5, 5.41) is 0. The monoisotopic (exact) mass is 306 g/mol. The van der Waals surface area contributed by atoms with Crippen LogP contribution in [0.25, 0.3) is 0 Å². The number of methoxy groups -OCH3 is 1. The summed E-state index contributed by atoms with van der Waals surface area (Å²) < 4.78 is 22.8. The second-order valence-corrected chi connectivity index (χ2v) is 4.50. The minimum atomic E-state index is -0.574. The molecule has 1 aromatic heterocycles. The standard InChI is InChI=1S/C15H15FN2O4/c1-21-9-12-6-7-13(22-12)15(20)18-17-14(19)8-10-2-4-11(16)5-3-10/h2-7H,8-9H2,1H3,(H,17,19)(H,18,20). The Bertz CT molecular complexity index is 652. The van der Waals surface area contributed by atoms with Crippen LogP contribution in [0.5, 0.6) is 0 Å². The number of rotatable bonds is 5. The van der Waals surface area contributed by atoms with Gasteiger partial charge < -0.3 is 9.15 Å². The van der Waals surface area contributed by atoms with Crippen LogP contribution < -0.4 is 10.9 Å². The molecular formula is C15H15FN2O4. The number of furan rings is 1. The third-order valence-corrected chi connectivity index (χ3v) is 2.77. The van der Waals surface area contributed by atoms with E-state index in [0.717, 1.165) is 0 Å². The lowest BCUT2D eigenvalue weighted by atomic mass is 10.1. The molecule has 2 amide bonds. The highest BCUT2D eigenvalue weighted by molar-refractivity contribution is 5.93. The Morgan fingerprint density at radius 1 is 1.14 bits per heavy atom. The Labute approximate surface area is 126 Å². The van der Waals surface area contributed by atoms with Gasteiger partial charge in [0.15, 0.2) is 5.76 Å². The minimum absolute atomic E-state index is 0.0215. The third kappa shape index (κ3) is 4.42. The van der Waals surface area contributed by atoms with Gasteiger partial charge in [0.1, 0.15) is 18.2 Å². The molecule has 0 radical (unpaired) electrons. The number of amides is 2. The van der Waals surface area contributed by atoms with Gasteiger partial charge in [0.2, 0.25) is 5.91 Å². The van der Waals surface area contributed by atoms with Crippen LogP contribution in [0.4, 0.5) is 4.39 Å². The molecule has 2 rings (SSSR count). The van der Waals surface area contributed by atoms with Gasteiger partial charge in [0.05, 0.1) is 6.42 Å². The summed E-state index contributed by atoms with van der Waals surface area (Å²) in [6.45, 7) is 0.254. The maximum absolute atomic E-state index is 12.7.